The Kier molecular flexibility index (Phi) is 20.9. The second kappa shape index (κ2) is 19.9. The first-order valence-corrected chi connectivity index (χ1v) is 8.32. The summed E-state index contributed by atoms with van der Waals surface area (Å²) < 4.78 is 0. The fourth-order valence-corrected chi connectivity index (χ4v) is 1.10. The van der Waals surface area contributed by atoms with Crippen molar-refractivity contribution in [2.75, 3.05) is 0 Å². The van der Waals surface area contributed by atoms with Crippen molar-refractivity contribution in [3.8, 4) is 0 Å². The van der Waals surface area contributed by atoms with E-state index in [2.05, 4.69) is 13.2 Å². The number of carbonyl (C=O) groups excluding carboxylic acids is 2. The number of carbonyl (C=O) groups is 3. The molecule has 154 valence electrons. The number of carboxylic acid groups (broad SMARTS) is 3. The summed E-state index contributed by atoms with van der Waals surface area (Å²) in [4.78, 5) is 28.9. The largest absolute Gasteiger partial charge is 0.545 e. The van der Waals surface area contributed by atoms with Gasteiger partial charge in [0, 0.05) is 5.57 Å². The van der Waals surface area contributed by atoms with E-state index >= 15 is 0 Å². The summed E-state index contributed by atoms with van der Waals surface area (Å²) in [5, 5.41) is 27.2. The summed E-state index contributed by atoms with van der Waals surface area (Å²) in [6.07, 6.45) is 6.48. The highest BCUT2D eigenvalue weighted by Crippen LogP contribution is 1.97. The van der Waals surface area contributed by atoms with Crippen molar-refractivity contribution < 1.29 is 29.7 Å². The topological polar surface area (TPSA) is 118 Å². The molecule has 0 bridgehead atoms. The molecule has 0 saturated carbocycles. The van der Waals surface area contributed by atoms with Crippen molar-refractivity contribution in [1.82, 2.24) is 0 Å². The fourth-order valence-electron chi connectivity index (χ4n) is 1.10. The number of carboxylic acids is 3. The highest BCUT2D eigenvalue weighted by atomic mass is 16.4. The number of hydrogen-bond acceptors (Lipinski definition) is 5. The van der Waals surface area contributed by atoms with E-state index in [1.807, 2.05) is 43.3 Å². The van der Waals surface area contributed by atoms with E-state index in [1.54, 1.807) is 26.0 Å². The van der Waals surface area contributed by atoms with Gasteiger partial charge in [-0.15, -0.1) is 0 Å². The van der Waals surface area contributed by atoms with E-state index in [9.17, 15) is 14.7 Å². The molecule has 0 fully saturated rings. The van der Waals surface area contributed by atoms with E-state index in [0.717, 1.165) is 12.5 Å². The van der Waals surface area contributed by atoms with Crippen molar-refractivity contribution in [3.63, 3.8) is 0 Å². The van der Waals surface area contributed by atoms with Gasteiger partial charge < -0.3 is 24.9 Å². The van der Waals surface area contributed by atoms with Crippen LogP contribution >= 0.6 is 0 Å². The molecular formula is C22H28O6-2. The van der Waals surface area contributed by atoms with Gasteiger partial charge in [-0.2, -0.15) is 0 Å². The number of rotatable bonds is 5. The lowest BCUT2D eigenvalue weighted by atomic mass is 10.2. The van der Waals surface area contributed by atoms with Gasteiger partial charge in [0.05, 0.1) is 11.9 Å². The Morgan fingerprint density at radius 1 is 1.04 bits per heavy atom. The van der Waals surface area contributed by atoms with Gasteiger partial charge in [0.15, 0.2) is 0 Å². The van der Waals surface area contributed by atoms with E-state index in [1.165, 1.54) is 12.5 Å². The minimum absolute atomic E-state index is 0.313. The van der Waals surface area contributed by atoms with Crippen LogP contribution in [0.4, 0.5) is 0 Å². The number of aliphatic carboxylic acids is 3. The van der Waals surface area contributed by atoms with Gasteiger partial charge in [0.25, 0.3) is 0 Å². The van der Waals surface area contributed by atoms with Gasteiger partial charge in [-0.3, -0.25) is 0 Å². The molecule has 1 N–H and O–H groups in total. The molecule has 0 aliphatic heterocycles. The standard InChI is InChI=1S/C8H8.C6H10O2.C5H8O2.C3H4O2/c1-2-8-6-4-3-5-7-8;1-3-4-5(2)6(7)8;1-3-4(2)5(6)7;1-2-3(4)5/h2-7H,1H2;4H,3H2,1-2H3,(H,7,8);3H,1-2H3,(H,6,7);2H,1H2,(H,4,5)/p-2/b;5-4+;4-3+;. The Morgan fingerprint density at radius 3 is 1.64 bits per heavy atom. The first-order valence-electron chi connectivity index (χ1n) is 8.32. The summed E-state index contributed by atoms with van der Waals surface area (Å²) in [6, 6.07) is 10.0. The van der Waals surface area contributed by atoms with Gasteiger partial charge in [0.1, 0.15) is 0 Å². The van der Waals surface area contributed by atoms with Crippen molar-refractivity contribution >= 4 is 24.0 Å². The van der Waals surface area contributed by atoms with E-state index in [-0.39, 0.29) is 0 Å². The Bertz CT molecular complexity index is 670. The third kappa shape index (κ3) is 22.6. The van der Waals surface area contributed by atoms with Gasteiger partial charge in [-0.1, -0.05) is 68.6 Å². The van der Waals surface area contributed by atoms with Crippen LogP contribution in [0.2, 0.25) is 0 Å². The quantitative estimate of drug-likeness (QED) is 0.774. The number of hydrogen-bond donors (Lipinski definition) is 1. The molecule has 0 radical (unpaired) electrons. The Balaban J connectivity index is -0.000000302. The molecule has 0 aromatic heterocycles. The molecule has 0 aliphatic carbocycles. The molecule has 0 amide bonds. The lowest BCUT2D eigenvalue weighted by Gasteiger charge is -1.97. The van der Waals surface area contributed by atoms with E-state index in [4.69, 9.17) is 15.0 Å². The predicted molar refractivity (Wildman–Crippen MR) is 108 cm³/mol. The fraction of sp³-hybridized carbons (Fsp3) is 0.227. The molecule has 0 spiro atoms. The van der Waals surface area contributed by atoms with Crippen LogP contribution in [-0.4, -0.2) is 23.0 Å². The van der Waals surface area contributed by atoms with Crippen LogP contribution in [0.25, 0.3) is 6.08 Å². The Labute approximate surface area is 166 Å². The summed E-state index contributed by atoms with van der Waals surface area (Å²) in [5.41, 5.74) is 1.88. The second-order valence-corrected chi connectivity index (χ2v) is 5.00. The average molecular weight is 388 g/mol. The van der Waals surface area contributed by atoms with Crippen LogP contribution in [-0.2, 0) is 14.4 Å². The summed E-state index contributed by atoms with van der Waals surface area (Å²) >= 11 is 0. The third-order valence-corrected chi connectivity index (χ3v) is 2.80. The first kappa shape index (κ1) is 29.4. The lowest BCUT2D eigenvalue weighted by Crippen LogP contribution is -2.22. The normalized spacial score (nSPS) is 9.71. The van der Waals surface area contributed by atoms with Crippen LogP contribution in [0.15, 0.2) is 72.9 Å². The predicted octanol–water partition coefficient (Wildman–Crippen LogP) is 2.38. The smallest absolute Gasteiger partial charge is 0.330 e. The highest BCUT2D eigenvalue weighted by molar-refractivity contribution is 5.85. The zero-order valence-electron chi connectivity index (χ0n) is 16.8. The monoisotopic (exact) mass is 388 g/mol. The molecule has 6 heteroatoms. The minimum Gasteiger partial charge on any atom is -0.545 e. The maximum atomic E-state index is 9.91. The first-order chi connectivity index (χ1) is 13.1. The zero-order chi connectivity index (χ0) is 22.5. The maximum Gasteiger partial charge on any atom is 0.330 e. The molecule has 0 heterocycles. The molecule has 0 atom stereocenters. The molecule has 6 nitrogen and oxygen atoms in total. The average Bonchev–Trinajstić information content (AvgIpc) is 2.69. The second-order valence-electron chi connectivity index (χ2n) is 5.00. The van der Waals surface area contributed by atoms with Crippen LogP contribution in [0, 0.1) is 0 Å². The molecular weight excluding hydrogens is 360 g/mol. The summed E-state index contributed by atoms with van der Waals surface area (Å²) in [6.45, 7) is 13.2. The molecule has 1 aromatic carbocycles. The summed E-state index contributed by atoms with van der Waals surface area (Å²) in [7, 11) is 0. The third-order valence-electron chi connectivity index (χ3n) is 2.80. The van der Waals surface area contributed by atoms with Crippen LogP contribution in [0.5, 0.6) is 0 Å². The molecule has 28 heavy (non-hydrogen) atoms. The Hall–Kier alpha value is -3.41. The van der Waals surface area contributed by atoms with Crippen molar-refractivity contribution in [2.24, 2.45) is 0 Å². The molecule has 1 aromatic rings. The van der Waals surface area contributed by atoms with Crippen molar-refractivity contribution in [3.05, 3.63) is 78.4 Å². The Morgan fingerprint density at radius 2 is 1.50 bits per heavy atom. The number of allylic oxidation sites excluding steroid dienone is 2. The SMILES string of the molecule is C/C=C(\C)C(=O)O.C=CC(=O)[O-].C=Cc1ccccc1.CC/C=C(\C)C(=O)[O-]. The van der Waals surface area contributed by atoms with Gasteiger partial charge in [0.2, 0.25) is 0 Å². The highest BCUT2D eigenvalue weighted by Gasteiger charge is 1.93. The van der Waals surface area contributed by atoms with E-state index in [0.29, 0.717) is 11.1 Å². The van der Waals surface area contributed by atoms with Crippen molar-refractivity contribution in [2.45, 2.75) is 34.1 Å². The van der Waals surface area contributed by atoms with Gasteiger partial charge >= 0.3 is 5.97 Å². The molecule has 1 rings (SSSR count). The minimum atomic E-state index is -1.23. The van der Waals surface area contributed by atoms with E-state index < -0.39 is 17.9 Å². The van der Waals surface area contributed by atoms with Crippen molar-refractivity contribution in [1.29, 1.82) is 0 Å². The molecule has 0 aliphatic rings. The summed E-state index contributed by atoms with van der Waals surface area (Å²) in [5.74, 6) is -3.15. The van der Waals surface area contributed by atoms with Crippen LogP contribution in [0.1, 0.15) is 39.7 Å². The van der Waals surface area contributed by atoms with Crippen LogP contribution in [0.3, 0.4) is 0 Å². The lowest BCUT2D eigenvalue weighted by molar-refractivity contribution is -0.299. The van der Waals surface area contributed by atoms with Crippen LogP contribution < -0.4 is 10.2 Å². The molecule has 0 saturated heterocycles. The number of benzene rings is 1. The zero-order valence-corrected chi connectivity index (χ0v) is 16.8. The molecule has 0 unspecified atom stereocenters. The van der Waals surface area contributed by atoms with Gasteiger partial charge in [-0.25, -0.2) is 4.79 Å². The van der Waals surface area contributed by atoms with Gasteiger partial charge in [-0.05, 0) is 44.4 Å². The maximum absolute atomic E-state index is 9.91.